The van der Waals surface area contributed by atoms with Gasteiger partial charge in [-0.05, 0) is 24.1 Å². The molecule has 2 aromatic rings. The molecule has 5 nitrogen and oxygen atoms in total. The third-order valence-electron chi connectivity index (χ3n) is 2.76. The van der Waals surface area contributed by atoms with Gasteiger partial charge >= 0.3 is 5.76 Å². The molecule has 1 aromatic heterocycles. The third kappa shape index (κ3) is 2.16. The molecule has 0 atom stereocenters. The summed E-state index contributed by atoms with van der Waals surface area (Å²) < 4.78 is 6.57. The summed E-state index contributed by atoms with van der Waals surface area (Å²) in [5.74, 6) is -0.355. The average molecular weight is 231 g/mol. The number of aryl methyl sites for hydroxylation is 1. The summed E-state index contributed by atoms with van der Waals surface area (Å²) in [5, 5.41) is 8.64. The molecule has 0 N–H and O–H groups in total. The zero-order valence-electron chi connectivity index (χ0n) is 9.80. The van der Waals surface area contributed by atoms with Gasteiger partial charge < -0.3 is 9.32 Å². The highest BCUT2D eigenvalue weighted by Gasteiger charge is 2.06. The third-order valence-corrected chi connectivity index (χ3v) is 2.76. The minimum atomic E-state index is -0.355. The fourth-order valence-electron chi connectivity index (χ4n) is 1.68. The highest BCUT2D eigenvalue weighted by Crippen LogP contribution is 2.14. The summed E-state index contributed by atoms with van der Waals surface area (Å²) in [6.07, 6.45) is 2.79. The Kier molecular flexibility index (Phi) is 2.88. The van der Waals surface area contributed by atoms with Gasteiger partial charge in [-0.2, -0.15) is 5.26 Å². The molecule has 0 saturated carbocycles. The molecular formula is C12H13N3O2. The van der Waals surface area contributed by atoms with Gasteiger partial charge in [-0.15, -0.1) is 0 Å². The first kappa shape index (κ1) is 11.3. The molecule has 1 aromatic carbocycles. The summed E-state index contributed by atoms with van der Waals surface area (Å²) in [6, 6.07) is 5.66. The molecule has 0 aliphatic rings. The van der Waals surface area contributed by atoms with E-state index in [1.54, 1.807) is 19.0 Å². The molecule has 0 fully saturated rings. The number of nitriles is 1. The van der Waals surface area contributed by atoms with Crippen molar-refractivity contribution in [1.29, 1.82) is 5.26 Å². The van der Waals surface area contributed by atoms with Crippen molar-refractivity contribution in [2.75, 3.05) is 13.6 Å². The molecule has 0 bridgehead atoms. The lowest BCUT2D eigenvalue weighted by molar-refractivity contribution is 0.478. The zero-order valence-corrected chi connectivity index (χ0v) is 9.80. The maximum Gasteiger partial charge on any atom is 0.419 e. The largest absolute Gasteiger partial charge is 0.419 e. The van der Waals surface area contributed by atoms with Gasteiger partial charge in [-0.1, -0.05) is 6.07 Å². The highest BCUT2D eigenvalue weighted by molar-refractivity contribution is 5.73. The molecule has 0 spiro atoms. The number of likely N-dealkylation sites (N-methyl/N-ethyl adjacent to an activating group) is 1. The lowest BCUT2D eigenvalue weighted by Gasteiger charge is -2.07. The number of oxazole rings is 1. The van der Waals surface area contributed by atoms with Gasteiger partial charge in [0, 0.05) is 20.6 Å². The van der Waals surface area contributed by atoms with E-state index in [1.807, 2.05) is 24.4 Å². The van der Waals surface area contributed by atoms with Crippen molar-refractivity contribution >= 4 is 11.1 Å². The number of benzene rings is 1. The van der Waals surface area contributed by atoms with E-state index in [-0.39, 0.29) is 5.76 Å². The molecule has 2 rings (SSSR count). The lowest BCUT2D eigenvalue weighted by Crippen LogP contribution is -2.14. The first-order valence-corrected chi connectivity index (χ1v) is 5.31. The molecule has 0 saturated heterocycles. The van der Waals surface area contributed by atoms with E-state index in [2.05, 4.69) is 0 Å². The van der Waals surface area contributed by atoms with Gasteiger partial charge in [0.1, 0.15) is 0 Å². The van der Waals surface area contributed by atoms with Gasteiger partial charge in [0.05, 0.1) is 5.52 Å². The van der Waals surface area contributed by atoms with E-state index in [4.69, 9.17) is 9.68 Å². The predicted molar refractivity (Wildman–Crippen MR) is 63.4 cm³/mol. The van der Waals surface area contributed by atoms with Gasteiger partial charge in [-0.25, -0.2) is 4.79 Å². The van der Waals surface area contributed by atoms with Crippen LogP contribution in [0.25, 0.3) is 11.1 Å². The molecule has 17 heavy (non-hydrogen) atoms. The van der Waals surface area contributed by atoms with Crippen LogP contribution in [0.1, 0.15) is 5.56 Å². The van der Waals surface area contributed by atoms with E-state index in [9.17, 15) is 4.79 Å². The monoisotopic (exact) mass is 231 g/mol. The van der Waals surface area contributed by atoms with Gasteiger partial charge in [0.15, 0.2) is 11.8 Å². The minimum absolute atomic E-state index is 0.355. The molecule has 0 amide bonds. The summed E-state index contributed by atoms with van der Waals surface area (Å²) in [5.41, 5.74) is 2.43. The second kappa shape index (κ2) is 4.34. The SMILES string of the molecule is CN(C#N)CCc1ccc2c(c1)oc(=O)n2C. The Labute approximate surface area is 98.5 Å². The number of aromatic nitrogens is 1. The van der Waals surface area contributed by atoms with E-state index < -0.39 is 0 Å². The lowest BCUT2D eigenvalue weighted by atomic mass is 10.1. The summed E-state index contributed by atoms with van der Waals surface area (Å²) in [4.78, 5) is 12.9. The second-order valence-electron chi connectivity index (χ2n) is 4.00. The van der Waals surface area contributed by atoms with E-state index in [0.29, 0.717) is 12.1 Å². The van der Waals surface area contributed by atoms with Crippen molar-refractivity contribution in [1.82, 2.24) is 9.47 Å². The Morgan fingerprint density at radius 3 is 3.00 bits per heavy atom. The van der Waals surface area contributed by atoms with Crippen molar-refractivity contribution in [2.24, 2.45) is 7.05 Å². The van der Waals surface area contributed by atoms with Crippen molar-refractivity contribution in [3.05, 3.63) is 34.3 Å². The quantitative estimate of drug-likeness (QED) is 0.586. The van der Waals surface area contributed by atoms with Crippen molar-refractivity contribution in [3.63, 3.8) is 0 Å². The number of nitrogens with zero attached hydrogens (tertiary/aromatic N) is 3. The minimum Gasteiger partial charge on any atom is -0.408 e. The van der Waals surface area contributed by atoms with Gasteiger partial charge in [0.25, 0.3) is 0 Å². The first-order chi connectivity index (χ1) is 8.11. The Hall–Kier alpha value is -2.22. The Morgan fingerprint density at radius 1 is 1.53 bits per heavy atom. The second-order valence-corrected chi connectivity index (χ2v) is 4.00. The van der Waals surface area contributed by atoms with Crippen LogP contribution in [0.4, 0.5) is 0 Å². The van der Waals surface area contributed by atoms with E-state index in [0.717, 1.165) is 17.5 Å². The van der Waals surface area contributed by atoms with Crippen LogP contribution in [-0.2, 0) is 13.5 Å². The normalized spacial score (nSPS) is 10.4. The van der Waals surface area contributed by atoms with E-state index >= 15 is 0 Å². The Bertz CT molecular complexity index is 633. The van der Waals surface area contributed by atoms with Crippen LogP contribution < -0.4 is 5.76 Å². The number of fused-ring (bicyclic) bond motifs is 1. The van der Waals surface area contributed by atoms with E-state index in [1.165, 1.54) is 4.57 Å². The Balaban J connectivity index is 2.27. The number of hydrogen-bond donors (Lipinski definition) is 0. The summed E-state index contributed by atoms with van der Waals surface area (Å²) in [7, 11) is 3.42. The fourth-order valence-corrected chi connectivity index (χ4v) is 1.68. The first-order valence-electron chi connectivity index (χ1n) is 5.31. The zero-order chi connectivity index (χ0) is 12.4. The van der Waals surface area contributed by atoms with Crippen molar-refractivity contribution < 1.29 is 4.42 Å². The molecule has 0 aliphatic heterocycles. The topological polar surface area (TPSA) is 62.2 Å². The van der Waals surface area contributed by atoms with Crippen LogP contribution in [0.2, 0.25) is 0 Å². The van der Waals surface area contributed by atoms with Gasteiger partial charge in [0.2, 0.25) is 0 Å². The fraction of sp³-hybridized carbons (Fsp3) is 0.333. The number of rotatable bonds is 3. The van der Waals surface area contributed by atoms with Crippen LogP contribution in [0, 0.1) is 11.5 Å². The maximum absolute atomic E-state index is 11.3. The van der Waals surface area contributed by atoms with Crippen LogP contribution in [0.15, 0.2) is 27.4 Å². The summed E-state index contributed by atoms with van der Waals surface area (Å²) >= 11 is 0. The smallest absolute Gasteiger partial charge is 0.408 e. The Morgan fingerprint density at radius 2 is 2.29 bits per heavy atom. The molecular weight excluding hydrogens is 218 g/mol. The highest BCUT2D eigenvalue weighted by atomic mass is 16.4. The summed E-state index contributed by atoms with van der Waals surface area (Å²) in [6.45, 7) is 0.652. The molecule has 1 heterocycles. The predicted octanol–water partition coefficient (Wildman–Crippen LogP) is 1.09. The van der Waals surface area contributed by atoms with Crippen LogP contribution in [0.3, 0.4) is 0 Å². The molecule has 5 heteroatoms. The van der Waals surface area contributed by atoms with Crippen molar-refractivity contribution in [2.45, 2.75) is 6.42 Å². The van der Waals surface area contributed by atoms with Crippen molar-refractivity contribution in [3.8, 4) is 6.19 Å². The molecule has 0 radical (unpaired) electrons. The van der Waals surface area contributed by atoms with Crippen LogP contribution in [0.5, 0.6) is 0 Å². The number of hydrogen-bond acceptors (Lipinski definition) is 4. The van der Waals surface area contributed by atoms with Gasteiger partial charge in [-0.3, -0.25) is 4.57 Å². The molecule has 0 unspecified atom stereocenters. The standard InChI is InChI=1S/C12H13N3O2/c1-14(8-13)6-5-9-3-4-10-11(7-9)17-12(16)15(10)2/h3-4,7H,5-6H2,1-2H3. The maximum atomic E-state index is 11.3. The molecule has 0 aliphatic carbocycles. The molecule has 88 valence electrons. The van der Waals surface area contributed by atoms with Crippen LogP contribution in [-0.4, -0.2) is 23.1 Å². The van der Waals surface area contributed by atoms with Crippen LogP contribution >= 0.6 is 0 Å². The average Bonchev–Trinajstić information content (AvgIpc) is 2.62.